The number of carbonyl (C=O) groups is 2. The van der Waals surface area contributed by atoms with Gasteiger partial charge in [-0.25, -0.2) is 4.79 Å². The van der Waals surface area contributed by atoms with Gasteiger partial charge < -0.3 is 16.2 Å². The van der Waals surface area contributed by atoms with Gasteiger partial charge in [-0.1, -0.05) is 40.0 Å². The highest BCUT2D eigenvalue weighted by Crippen LogP contribution is 2.32. The highest BCUT2D eigenvalue weighted by Gasteiger charge is 2.44. The molecular formula is C14H26N2O3. The summed E-state index contributed by atoms with van der Waals surface area (Å²) in [5.74, 6) is -0.925. The van der Waals surface area contributed by atoms with Crippen LogP contribution in [0.3, 0.4) is 0 Å². The fourth-order valence-electron chi connectivity index (χ4n) is 2.74. The van der Waals surface area contributed by atoms with Crippen LogP contribution in [-0.4, -0.2) is 28.6 Å². The molecular weight excluding hydrogens is 244 g/mol. The summed E-state index contributed by atoms with van der Waals surface area (Å²) < 4.78 is 0. The minimum Gasteiger partial charge on any atom is -0.480 e. The summed E-state index contributed by atoms with van der Waals surface area (Å²) in [6.45, 7) is 5.90. The molecule has 0 saturated heterocycles. The number of hydrogen-bond donors (Lipinski definition) is 3. The highest BCUT2D eigenvalue weighted by molar-refractivity contribution is 5.89. The molecule has 110 valence electrons. The second-order valence-electron chi connectivity index (χ2n) is 5.99. The average molecular weight is 270 g/mol. The molecule has 0 radical (unpaired) electrons. The third-order valence-corrected chi connectivity index (χ3v) is 4.33. The molecule has 0 aromatic rings. The van der Waals surface area contributed by atoms with E-state index in [4.69, 9.17) is 5.73 Å². The van der Waals surface area contributed by atoms with Gasteiger partial charge in [-0.3, -0.25) is 4.79 Å². The molecule has 3 unspecified atom stereocenters. The van der Waals surface area contributed by atoms with Crippen molar-refractivity contribution in [3.63, 3.8) is 0 Å². The van der Waals surface area contributed by atoms with Crippen molar-refractivity contribution in [1.82, 2.24) is 5.32 Å². The molecule has 0 bridgehead atoms. The van der Waals surface area contributed by atoms with Crippen molar-refractivity contribution in [2.45, 2.75) is 64.5 Å². The van der Waals surface area contributed by atoms with E-state index < -0.39 is 17.6 Å². The standard InChI is InChI=1S/C14H26N2O3/c1-4-10(3)11(15)12(17)16-14(13(18)19)7-5-6-9(2)8-14/h9-11H,4-8,15H2,1-3H3,(H,16,17)(H,18,19)/t9?,10?,11-,14?/m0/s1. The Kier molecular flexibility index (Phi) is 5.35. The average Bonchev–Trinajstić information content (AvgIpc) is 2.36. The van der Waals surface area contributed by atoms with Crippen molar-refractivity contribution in [2.75, 3.05) is 0 Å². The van der Waals surface area contributed by atoms with E-state index in [1.54, 1.807) is 0 Å². The van der Waals surface area contributed by atoms with Gasteiger partial charge in [-0.15, -0.1) is 0 Å². The Balaban J connectivity index is 2.79. The molecule has 1 rings (SSSR count). The Morgan fingerprint density at radius 2 is 2.16 bits per heavy atom. The summed E-state index contributed by atoms with van der Waals surface area (Å²) in [5, 5.41) is 12.2. The number of rotatable bonds is 5. The minimum absolute atomic E-state index is 0.0480. The lowest BCUT2D eigenvalue weighted by Crippen LogP contribution is -2.60. The van der Waals surface area contributed by atoms with Crippen molar-refractivity contribution < 1.29 is 14.7 Å². The molecule has 5 nitrogen and oxygen atoms in total. The van der Waals surface area contributed by atoms with Gasteiger partial charge in [-0.2, -0.15) is 0 Å². The van der Waals surface area contributed by atoms with Gasteiger partial charge in [0.05, 0.1) is 6.04 Å². The number of nitrogens with two attached hydrogens (primary N) is 1. The smallest absolute Gasteiger partial charge is 0.329 e. The van der Waals surface area contributed by atoms with E-state index in [2.05, 4.69) is 5.32 Å². The zero-order valence-corrected chi connectivity index (χ0v) is 12.1. The third kappa shape index (κ3) is 3.69. The fourth-order valence-corrected chi connectivity index (χ4v) is 2.74. The molecule has 4 N–H and O–H groups in total. The van der Waals surface area contributed by atoms with Crippen molar-refractivity contribution in [3.05, 3.63) is 0 Å². The van der Waals surface area contributed by atoms with Crippen LogP contribution in [0.4, 0.5) is 0 Å². The summed E-state index contributed by atoms with van der Waals surface area (Å²) in [6, 6.07) is -0.640. The lowest BCUT2D eigenvalue weighted by molar-refractivity contribution is -0.150. The molecule has 1 aliphatic carbocycles. The number of amides is 1. The van der Waals surface area contributed by atoms with Gasteiger partial charge in [0.2, 0.25) is 5.91 Å². The molecule has 19 heavy (non-hydrogen) atoms. The van der Waals surface area contributed by atoms with Crippen LogP contribution >= 0.6 is 0 Å². The first-order valence-electron chi connectivity index (χ1n) is 7.13. The molecule has 1 saturated carbocycles. The number of nitrogens with one attached hydrogen (secondary N) is 1. The van der Waals surface area contributed by atoms with Crippen molar-refractivity contribution in [3.8, 4) is 0 Å². The Hall–Kier alpha value is -1.10. The third-order valence-electron chi connectivity index (χ3n) is 4.33. The molecule has 1 fully saturated rings. The first-order valence-corrected chi connectivity index (χ1v) is 7.13. The summed E-state index contributed by atoms with van der Waals surface area (Å²) in [5.41, 5.74) is 4.75. The fraction of sp³-hybridized carbons (Fsp3) is 0.857. The van der Waals surface area contributed by atoms with E-state index >= 15 is 0 Å². The first-order chi connectivity index (χ1) is 8.82. The SMILES string of the molecule is CCC(C)[C@H](N)C(=O)NC1(C(=O)O)CCCC(C)C1. The Bertz CT molecular complexity index is 346. The Morgan fingerprint density at radius 1 is 1.53 bits per heavy atom. The normalized spacial score (nSPS) is 30.4. The van der Waals surface area contributed by atoms with Crippen molar-refractivity contribution in [1.29, 1.82) is 0 Å². The van der Waals surface area contributed by atoms with Gasteiger partial charge in [0.25, 0.3) is 0 Å². The lowest BCUT2D eigenvalue weighted by atomic mass is 9.76. The summed E-state index contributed by atoms with van der Waals surface area (Å²) in [6.07, 6.45) is 3.62. The van der Waals surface area contributed by atoms with Crippen LogP contribution < -0.4 is 11.1 Å². The topological polar surface area (TPSA) is 92.4 Å². The number of hydrogen-bond acceptors (Lipinski definition) is 3. The monoisotopic (exact) mass is 270 g/mol. The van der Waals surface area contributed by atoms with Crippen LogP contribution in [0.5, 0.6) is 0 Å². The maximum absolute atomic E-state index is 12.1. The molecule has 4 atom stereocenters. The second kappa shape index (κ2) is 6.37. The zero-order valence-electron chi connectivity index (χ0n) is 12.1. The molecule has 0 aliphatic heterocycles. The Labute approximate surface area is 114 Å². The van der Waals surface area contributed by atoms with E-state index in [0.29, 0.717) is 18.8 Å². The predicted molar refractivity (Wildman–Crippen MR) is 73.6 cm³/mol. The van der Waals surface area contributed by atoms with Crippen LogP contribution in [0.2, 0.25) is 0 Å². The molecule has 1 amide bonds. The molecule has 0 heterocycles. The number of carboxylic acids is 1. The van der Waals surface area contributed by atoms with Crippen molar-refractivity contribution in [2.24, 2.45) is 17.6 Å². The van der Waals surface area contributed by atoms with Crippen LogP contribution in [0.25, 0.3) is 0 Å². The van der Waals surface area contributed by atoms with Gasteiger partial charge in [0.1, 0.15) is 5.54 Å². The largest absolute Gasteiger partial charge is 0.480 e. The highest BCUT2D eigenvalue weighted by atomic mass is 16.4. The molecule has 5 heteroatoms. The maximum atomic E-state index is 12.1. The summed E-state index contributed by atoms with van der Waals surface area (Å²) in [7, 11) is 0. The first kappa shape index (κ1) is 16.0. The number of aliphatic carboxylic acids is 1. The second-order valence-corrected chi connectivity index (χ2v) is 5.99. The maximum Gasteiger partial charge on any atom is 0.329 e. The van der Waals surface area contributed by atoms with Crippen LogP contribution in [0, 0.1) is 11.8 Å². The van der Waals surface area contributed by atoms with Gasteiger partial charge in [0.15, 0.2) is 0 Å². The summed E-state index contributed by atoms with van der Waals surface area (Å²) in [4.78, 5) is 23.7. The number of carbonyl (C=O) groups excluding carboxylic acids is 1. The predicted octanol–water partition coefficient (Wildman–Crippen LogP) is 1.51. The van der Waals surface area contributed by atoms with Crippen LogP contribution in [0.1, 0.15) is 52.9 Å². The van der Waals surface area contributed by atoms with E-state index in [1.165, 1.54) is 0 Å². The zero-order chi connectivity index (χ0) is 14.6. The van der Waals surface area contributed by atoms with Crippen LogP contribution in [0.15, 0.2) is 0 Å². The van der Waals surface area contributed by atoms with Crippen LogP contribution in [-0.2, 0) is 9.59 Å². The van der Waals surface area contributed by atoms with Gasteiger partial charge in [0, 0.05) is 0 Å². The number of carboxylic acid groups (broad SMARTS) is 1. The minimum atomic E-state index is -1.13. The Morgan fingerprint density at radius 3 is 2.63 bits per heavy atom. The van der Waals surface area contributed by atoms with Gasteiger partial charge >= 0.3 is 5.97 Å². The lowest BCUT2D eigenvalue weighted by Gasteiger charge is -2.38. The molecule has 0 aromatic heterocycles. The van der Waals surface area contributed by atoms with E-state index in [-0.39, 0.29) is 11.8 Å². The van der Waals surface area contributed by atoms with E-state index in [1.807, 2.05) is 20.8 Å². The molecule has 0 spiro atoms. The van der Waals surface area contributed by atoms with Crippen molar-refractivity contribution >= 4 is 11.9 Å². The van der Waals surface area contributed by atoms with E-state index in [0.717, 1.165) is 19.3 Å². The molecule has 1 aliphatic rings. The quantitative estimate of drug-likeness (QED) is 0.706. The van der Waals surface area contributed by atoms with E-state index in [9.17, 15) is 14.7 Å². The molecule has 0 aromatic carbocycles. The summed E-state index contributed by atoms with van der Waals surface area (Å²) >= 11 is 0. The van der Waals surface area contributed by atoms with Gasteiger partial charge in [-0.05, 0) is 24.7 Å².